The van der Waals surface area contributed by atoms with Gasteiger partial charge < -0.3 is 15.6 Å². The van der Waals surface area contributed by atoms with E-state index < -0.39 is 0 Å². The molecule has 2 aromatic carbocycles. The smallest absolute Gasteiger partial charge is 0.166 e. The first-order valence-corrected chi connectivity index (χ1v) is 8.25. The Balaban J connectivity index is 2.04. The maximum absolute atomic E-state index is 6.45. The van der Waals surface area contributed by atoms with Crippen LogP contribution in [-0.4, -0.2) is 23.7 Å². The van der Waals surface area contributed by atoms with Crippen molar-refractivity contribution < 1.29 is 0 Å². The molecule has 1 aromatic heterocycles. The highest BCUT2D eigenvalue weighted by Gasteiger charge is 2.20. The van der Waals surface area contributed by atoms with Gasteiger partial charge in [0.1, 0.15) is 0 Å². The van der Waals surface area contributed by atoms with Crippen molar-refractivity contribution in [1.82, 2.24) is 15.6 Å². The predicted octanol–water partition coefficient (Wildman–Crippen LogP) is 4.05. The number of para-hydroxylation sites is 1. The molecule has 0 aliphatic carbocycles. The van der Waals surface area contributed by atoms with Gasteiger partial charge in [0.25, 0.3) is 0 Å². The highest BCUT2D eigenvalue weighted by Crippen LogP contribution is 2.33. The highest BCUT2D eigenvalue weighted by atomic mass is 35.5. The van der Waals surface area contributed by atoms with Gasteiger partial charge in [-0.25, -0.2) is 0 Å². The number of rotatable bonds is 4. The van der Waals surface area contributed by atoms with E-state index in [1.165, 1.54) is 10.9 Å². The summed E-state index contributed by atoms with van der Waals surface area (Å²) in [5, 5.41) is 8.80. The number of nitrogens with one attached hydrogen (secondary N) is 3. The molecule has 0 fully saturated rings. The fourth-order valence-corrected chi connectivity index (χ4v) is 3.16. The molecule has 1 unspecified atom stereocenters. The molecule has 1 atom stereocenters. The zero-order valence-electron chi connectivity index (χ0n) is 12.8. The van der Waals surface area contributed by atoms with Gasteiger partial charge in [-0.05, 0) is 35.5 Å². The second-order valence-corrected chi connectivity index (χ2v) is 6.14. The molecule has 0 saturated heterocycles. The van der Waals surface area contributed by atoms with E-state index in [9.17, 15) is 0 Å². The van der Waals surface area contributed by atoms with Crippen LogP contribution < -0.4 is 10.6 Å². The lowest BCUT2D eigenvalue weighted by Crippen LogP contribution is -2.35. The Hall–Kier alpha value is -2.04. The molecule has 23 heavy (non-hydrogen) atoms. The molecule has 3 N–H and O–H groups in total. The molecule has 3 aromatic rings. The fraction of sp³-hybridized carbons (Fsp3) is 0.167. The van der Waals surface area contributed by atoms with Crippen LogP contribution in [0.25, 0.3) is 10.9 Å². The van der Waals surface area contributed by atoms with E-state index in [0.29, 0.717) is 11.7 Å². The Morgan fingerprint density at radius 3 is 2.65 bits per heavy atom. The minimum absolute atomic E-state index is 0.103. The van der Waals surface area contributed by atoms with Crippen LogP contribution in [0.5, 0.6) is 0 Å². The van der Waals surface area contributed by atoms with E-state index in [0.717, 1.165) is 16.1 Å². The van der Waals surface area contributed by atoms with Gasteiger partial charge in [-0.15, -0.1) is 0 Å². The van der Waals surface area contributed by atoms with Gasteiger partial charge in [-0.2, -0.15) is 0 Å². The normalized spacial score (nSPS) is 12.1. The van der Waals surface area contributed by atoms with E-state index in [-0.39, 0.29) is 5.92 Å². The van der Waals surface area contributed by atoms with Crippen LogP contribution >= 0.6 is 23.8 Å². The molecule has 3 rings (SSSR count). The standard InChI is InChI=1S/C18H18ClN3S/c1-20-18(23)22-11-14(12-6-2-4-8-16(12)19)15-10-21-17-9-5-3-7-13(15)17/h2-10,14,21H,11H2,1H3,(H2,20,22,23). The van der Waals surface area contributed by atoms with E-state index in [4.69, 9.17) is 23.8 Å². The maximum atomic E-state index is 6.45. The molecule has 0 bridgehead atoms. The Morgan fingerprint density at radius 2 is 1.87 bits per heavy atom. The van der Waals surface area contributed by atoms with E-state index >= 15 is 0 Å². The predicted molar refractivity (Wildman–Crippen MR) is 101 cm³/mol. The zero-order chi connectivity index (χ0) is 16.2. The zero-order valence-corrected chi connectivity index (χ0v) is 14.3. The second kappa shape index (κ2) is 7.02. The molecule has 1 heterocycles. The lowest BCUT2D eigenvalue weighted by atomic mass is 9.91. The van der Waals surface area contributed by atoms with E-state index in [2.05, 4.69) is 46.1 Å². The Bertz CT molecular complexity index is 828. The first-order chi connectivity index (χ1) is 11.2. The quantitative estimate of drug-likeness (QED) is 0.626. The SMILES string of the molecule is CNC(=S)NCC(c1ccccc1Cl)c1c[nH]c2ccccc12. The average molecular weight is 344 g/mol. The number of thiocarbonyl (C=S) groups is 1. The van der Waals surface area contributed by atoms with Gasteiger partial charge in [0, 0.05) is 41.6 Å². The minimum Gasteiger partial charge on any atom is -0.366 e. The molecule has 3 nitrogen and oxygen atoms in total. The summed E-state index contributed by atoms with van der Waals surface area (Å²) in [5.41, 5.74) is 3.42. The minimum atomic E-state index is 0.103. The number of benzene rings is 2. The van der Waals surface area contributed by atoms with Crippen LogP contribution in [0.2, 0.25) is 5.02 Å². The molecule has 0 amide bonds. The summed E-state index contributed by atoms with van der Waals surface area (Å²) in [6, 6.07) is 16.2. The molecule has 118 valence electrons. The van der Waals surface area contributed by atoms with Crippen LogP contribution in [0.3, 0.4) is 0 Å². The summed E-state index contributed by atoms with van der Waals surface area (Å²) < 4.78 is 0. The van der Waals surface area contributed by atoms with Gasteiger partial charge in [-0.1, -0.05) is 48.0 Å². The molecule has 0 aliphatic heterocycles. The molecule has 0 aliphatic rings. The molecular formula is C18H18ClN3S. The van der Waals surface area contributed by atoms with Crippen molar-refractivity contribution >= 4 is 39.8 Å². The summed E-state index contributed by atoms with van der Waals surface area (Å²) in [5.74, 6) is 0.103. The first-order valence-electron chi connectivity index (χ1n) is 7.46. The molecular weight excluding hydrogens is 326 g/mol. The molecule has 0 spiro atoms. The number of aromatic nitrogens is 1. The summed E-state index contributed by atoms with van der Waals surface area (Å²) in [6.45, 7) is 0.672. The number of H-pyrrole nitrogens is 1. The highest BCUT2D eigenvalue weighted by molar-refractivity contribution is 7.80. The number of hydrogen-bond donors (Lipinski definition) is 3. The summed E-state index contributed by atoms with van der Waals surface area (Å²) in [4.78, 5) is 3.34. The Morgan fingerprint density at radius 1 is 1.13 bits per heavy atom. The third-order valence-electron chi connectivity index (χ3n) is 3.97. The first kappa shape index (κ1) is 15.8. The van der Waals surface area contributed by atoms with Crippen molar-refractivity contribution in [3.63, 3.8) is 0 Å². The largest absolute Gasteiger partial charge is 0.366 e. The van der Waals surface area contributed by atoms with Crippen molar-refractivity contribution in [3.8, 4) is 0 Å². The summed E-state index contributed by atoms with van der Waals surface area (Å²) in [6.07, 6.45) is 2.06. The Kier molecular flexibility index (Phi) is 4.84. The number of hydrogen-bond acceptors (Lipinski definition) is 1. The topological polar surface area (TPSA) is 39.8 Å². The van der Waals surface area contributed by atoms with Crippen LogP contribution in [0.4, 0.5) is 0 Å². The maximum Gasteiger partial charge on any atom is 0.166 e. The molecule has 5 heteroatoms. The van der Waals surface area contributed by atoms with Crippen molar-refractivity contribution in [2.75, 3.05) is 13.6 Å². The van der Waals surface area contributed by atoms with Gasteiger partial charge in [0.2, 0.25) is 0 Å². The van der Waals surface area contributed by atoms with Crippen molar-refractivity contribution in [3.05, 3.63) is 70.9 Å². The number of halogens is 1. The van der Waals surface area contributed by atoms with Crippen LogP contribution in [-0.2, 0) is 0 Å². The lowest BCUT2D eigenvalue weighted by molar-refractivity contribution is 0.755. The monoisotopic (exact) mass is 343 g/mol. The summed E-state index contributed by atoms with van der Waals surface area (Å²) >= 11 is 11.7. The van der Waals surface area contributed by atoms with Crippen molar-refractivity contribution in [1.29, 1.82) is 0 Å². The van der Waals surface area contributed by atoms with Gasteiger partial charge in [0.15, 0.2) is 5.11 Å². The molecule has 0 radical (unpaired) electrons. The van der Waals surface area contributed by atoms with E-state index in [1.807, 2.05) is 31.3 Å². The van der Waals surface area contributed by atoms with Gasteiger partial charge in [0.05, 0.1) is 0 Å². The van der Waals surface area contributed by atoms with Crippen LogP contribution in [0.15, 0.2) is 54.7 Å². The lowest BCUT2D eigenvalue weighted by Gasteiger charge is -2.20. The van der Waals surface area contributed by atoms with Gasteiger partial charge >= 0.3 is 0 Å². The third-order valence-corrected chi connectivity index (χ3v) is 4.66. The van der Waals surface area contributed by atoms with Gasteiger partial charge in [-0.3, -0.25) is 0 Å². The fourth-order valence-electron chi connectivity index (χ4n) is 2.81. The molecule has 0 saturated carbocycles. The number of fused-ring (bicyclic) bond motifs is 1. The van der Waals surface area contributed by atoms with Crippen molar-refractivity contribution in [2.45, 2.75) is 5.92 Å². The third kappa shape index (κ3) is 3.33. The van der Waals surface area contributed by atoms with Crippen LogP contribution in [0, 0.1) is 0 Å². The average Bonchev–Trinajstić information content (AvgIpc) is 3.00. The second-order valence-electron chi connectivity index (χ2n) is 5.32. The van der Waals surface area contributed by atoms with Crippen molar-refractivity contribution in [2.24, 2.45) is 0 Å². The number of aromatic amines is 1. The Labute approximate surface area is 146 Å². The summed E-state index contributed by atoms with van der Waals surface area (Å²) in [7, 11) is 1.81. The van der Waals surface area contributed by atoms with E-state index in [1.54, 1.807) is 0 Å². The van der Waals surface area contributed by atoms with Crippen LogP contribution in [0.1, 0.15) is 17.0 Å².